The van der Waals surface area contributed by atoms with Gasteiger partial charge in [-0.25, -0.2) is 4.90 Å². The second kappa shape index (κ2) is 8.06. The summed E-state index contributed by atoms with van der Waals surface area (Å²) >= 11 is 0. The van der Waals surface area contributed by atoms with Gasteiger partial charge in [0.05, 0.1) is 11.3 Å². The van der Waals surface area contributed by atoms with Crippen molar-refractivity contribution in [3.05, 3.63) is 59.7 Å². The fourth-order valence-corrected chi connectivity index (χ4v) is 3.61. The van der Waals surface area contributed by atoms with E-state index in [1.807, 2.05) is 19.1 Å². The summed E-state index contributed by atoms with van der Waals surface area (Å²) in [4.78, 5) is 39.1. The molecule has 2 aliphatic heterocycles. The lowest BCUT2D eigenvalue weighted by Gasteiger charge is -2.20. The molecule has 4 rings (SSSR count). The van der Waals surface area contributed by atoms with Gasteiger partial charge < -0.3 is 5.32 Å². The average Bonchev–Trinajstić information content (AvgIpc) is 3.27. The number of aryl methyl sites for hydroxylation is 1. The third kappa shape index (κ3) is 3.93. The molecular formula is C21H18F3N5O3. The van der Waals surface area contributed by atoms with Crippen LogP contribution in [0.25, 0.3) is 0 Å². The Labute approximate surface area is 180 Å². The Hall–Kier alpha value is -3.76. The number of halogens is 3. The standard InChI is InChI=1S/C21H18F3N5O3/c1-2-12-6-8-15(9-7-12)29-19(31)17-18(20(29)32)28(27-26-17)11-16(30)25-14-5-3-4-13(10-14)21(22,23)24/h3-10,17-18H,2,11H2,1H3,(H,25,30)/t17-,18-/m1/s1. The van der Waals surface area contributed by atoms with E-state index in [9.17, 15) is 27.6 Å². The van der Waals surface area contributed by atoms with E-state index in [2.05, 4.69) is 15.7 Å². The molecule has 8 nitrogen and oxygen atoms in total. The number of fused-ring (bicyclic) bond motifs is 1. The molecule has 2 aromatic carbocycles. The van der Waals surface area contributed by atoms with Gasteiger partial charge in [-0.1, -0.05) is 30.3 Å². The molecule has 2 atom stereocenters. The van der Waals surface area contributed by atoms with Crippen molar-refractivity contribution in [1.82, 2.24) is 5.01 Å². The normalized spacial score (nSPS) is 20.1. The molecule has 0 aromatic heterocycles. The molecule has 1 N–H and O–H groups in total. The Morgan fingerprint density at radius 3 is 2.47 bits per heavy atom. The van der Waals surface area contributed by atoms with Gasteiger partial charge in [0.15, 0.2) is 12.1 Å². The third-order valence-electron chi connectivity index (χ3n) is 5.24. The predicted molar refractivity (Wildman–Crippen MR) is 108 cm³/mol. The fourth-order valence-electron chi connectivity index (χ4n) is 3.61. The predicted octanol–water partition coefficient (Wildman–Crippen LogP) is 3.20. The highest BCUT2D eigenvalue weighted by atomic mass is 19.4. The van der Waals surface area contributed by atoms with Crippen molar-refractivity contribution in [3.8, 4) is 0 Å². The van der Waals surface area contributed by atoms with Gasteiger partial charge in [0, 0.05) is 5.69 Å². The highest BCUT2D eigenvalue weighted by molar-refractivity contribution is 6.25. The number of nitrogens with zero attached hydrogens (tertiary/aromatic N) is 4. The molecule has 0 spiro atoms. The first kappa shape index (κ1) is 21.5. The van der Waals surface area contributed by atoms with Crippen molar-refractivity contribution < 1.29 is 27.6 Å². The molecule has 3 amide bonds. The number of hydrogen-bond donors (Lipinski definition) is 1. The lowest BCUT2D eigenvalue weighted by Crippen LogP contribution is -2.43. The Morgan fingerprint density at radius 2 is 1.81 bits per heavy atom. The van der Waals surface area contributed by atoms with E-state index in [0.717, 1.165) is 34.0 Å². The molecule has 166 valence electrons. The number of rotatable bonds is 5. The van der Waals surface area contributed by atoms with Crippen molar-refractivity contribution >= 4 is 29.1 Å². The molecule has 32 heavy (non-hydrogen) atoms. The van der Waals surface area contributed by atoms with E-state index < -0.39 is 48.1 Å². The first-order chi connectivity index (χ1) is 15.2. The molecule has 2 heterocycles. The van der Waals surface area contributed by atoms with Crippen molar-refractivity contribution in [1.29, 1.82) is 0 Å². The molecule has 0 aliphatic carbocycles. The summed E-state index contributed by atoms with van der Waals surface area (Å²) in [6, 6.07) is 8.97. The molecule has 2 aliphatic rings. The Balaban J connectivity index is 1.46. The van der Waals surface area contributed by atoms with Crippen LogP contribution in [0.5, 0.6) is 0 Å². The zero-order valence-electron chi connectivity index (χ0n) is 16.8. The highest BCUT2D eigenvalue weighted by Gasteiger charge is 2.55. The minimum Gasteiger partial charge on any atom is -0.324 e. The molecule has 0 bridgehead atoms. The smallest absolute Gasteiger partial charge is 0.324 e. The number of alkyl halides is 3. The van der Waals surface area contributed by atoms with Crippen LogP contribution in [0.15, 0.2) is 58.9 Å². The largest absolute Gasteiger partial charge is 0.416 e. The lowest BCUT2D eigenvalue weighted by molar-refractivity contribution is -0.137. The van der Waals surface area contributed by atoms with E-state index in [0.29, 0.717) is 5.69 Å². The van der Waals surface area contributed by atoms with E-state index in [1.165, 1.54) is 12.1 Å². The van der Waals surface area contributed by atoms with Gasteiger partial charge in [-0.05, 0) is 42.3 Å². The van der Waals surface area contributed by atoms with Crippen molar-refractivity contribution in [2.45, 2.75) is 31.6 Å². The first-order valence-corrected chi connectivity index (χ1v) is 9.80. The van der Waals surface area contributed by atoms with Crippen molar-refractivity contribution in [2.75, 3.05) is 16.8 Å². The Kier molecular flexibility index (Phi) is 5.41. The second-order valence-electron chi connectivity index (χ2n) is 7.35. The number of carbonyl (C=O) groups is 3. The SMILES string of the molecule is CCc1ccc(N2C(=O)[C@@H]3N=NN(CC(=O)Nc4cccc(C(F)(F)F)c4)[C@H]3C2=O)cc1. The van der Waals surface area contributed by atoms with Crippen molar-refractivity contribution in [2.24, 2.45) is 10.3 Å². The second-order valence-corrected chi connectivity index (χ2v) is 7.35. The van der Waals surface area contributed by atoms with Crippen LogP contribution in [-0.4, -0.2) is 41.4 Å². The van der Waals surface area contributed by atoms with Crippen LogP contribution in [0.3, 0.4) is 0 Å². The summed E-state index contributed by atoms with van der Waals surface area (Å²) in [5.74, 6) is -1.81. The van der Waals surface area contributed by atoms with Crippen LogP contribution >= 0.6 is 0 Å². The van der Waals surface area contributed by atoms with Gasteiger partial charge in [0.1, 0.15) is 6.54 Å². The maximum absolute atomic E-state index is 12.9. The quantitative estimate of drug-likeness (QED) is 0.716. The number of hydrogen-bond acceptors (Lipinski definition) is 6. The third-order valence-corrected chi connectivity index (χ3v) is 5.24. The average molecular weight is 445 g/mol. The molecule has 0 saturated carbocycles. The Morgan fingerprint density at radius 1 is 1.09 bits per heavy atom. The van der Waals surface area contributed by atoms with Crippen molar-refractivity contribution in [3.63, 3.8) is 0 Å². The fraction of sp³-hybridized carbons (Fsp3) is 0.286. The minimum atomic E-state index is -4.55. The summed E-state index contributed by atoms with van der Waals surface area (Å²) in [6.07, 6.45) is -3.75. The number of carbonyl (C=O) groups excluding carboxylic acids is 3. The van der Waals surface area contributed by atoms with Gasteiger partial charge in [0.2, 0.25) is 5.91 Å². The molecule has 0 unspecified atom stereocenters. The molecule has 1 fully saturated rings. The molecule has 1 saturated heterocycles. The van der Waals surface area contributed by atoms with Gasteiger partial charge in [-0.2, -0.15) is 18.3 Å². The number of imide groups is 1. The van der Waals surface area contributed by atoms with E-state index in [-0.39, 0.29) is 5.69 Å². The van der Waals surface area contributed by atoms with Crippen LogP contribution in [0.2, 0.25) is 0 Å². The van der Waals surface area contributed by atoms with Gasteiger partial charge in [-0.15, -0.1) is 0 Å². The maximum Gasteiger partial charge on any atom is 0.416 e. The zero-order valence-corrected chi connectivity index (χ0v) is 16.8. The van der Waals surface area contributed by atoms with Crippen LogP contribution in [-0.2, 0) is 27.0 Å². The highest BCUT2D eigenvalue weighted by Crippen LogP contribution is 2.33. The molecule has 0 radical (unpaired) electrons. The topological polar surface area (TPSA) is 94.4 Å². The van der Waals surface area contributed by atoms with Gasteiger partial charge >= 0.3 is 6.18 Å². The van der Waals surface area contributed by atoms with Gasteiger partial charge in [0.25, 0.3) is 11.8 Å². The van der Waals surface area contributed by atoms with E-state index in [4.69, 9.17) is 0 Å². The van der Waals surface area contributed by atoms with Crippen LogP contribution in [0.4, 0.5) is 24.5 Å². The van der Waals surface area contributed by atoms with E-state index >= 15 is 0 Å². The first-order valence-electron chi connectivity index (χ1n) is 9.80. The number of nitrogens with one attached hydrogen (secondary N) is 1. The summed E-state index contributed by atoms with van der Waals surface area (Å²) in [7, 11) is 0. The zero-order chi connectivity index (χ0) is 23.0. The van der Waals surface area contributed by atoms with Crippen LogP contribution in [0.1, 0.15) is 18.1 Å². The molecule has 2 aromatic rings. The summed E-state index contributed by atoms with van der Waals surface area (Å²) < 4.78 is 38.6. The molecule has 11 heteroatoms. The summed E-state index contributed by atoms with van der Waals surface area (Å²) in [6.45, 7) is 1.52. The lowest BCUT2D eigenvalue weighted by atomic mass is 10.1. The van der Waals surface area contributed by atoms with E-state index in [1.54, 1.807) is 12.1 Å². The monoisotopic (exact) mass is 445 g/mol. The summed E-state index contributed by atoms with van der Waals surface area (Å²) in [5.41, 5.74) is 0.484. The number of amides is 3. The van der Waals surface area contributed by atoms with Crippen LogP contribution < -0.4 is 10.2 Å². The number of benzene rings is 2. The summed E-state index contributed by atoms with van der Waals surface area (Å²) in [5, 5.41) is 11.0. The minimum absolute atomic E-state index is 0.0519. The van der Waals surface area contributed by atoms with Crippen LogP contribution in [0, 0.1) is 0 Å². The Bertz CT molecular complexity index is 1100. The maximum atomic E-state index is 12.9. The molecular weight excluding hydrogens is 427 g/mol. The van der Waals surface area contributed by atoms with Gasteiger partial charge in [-0.3, -0.25) is 19.4 Å². The number of anilines is 2.